The van der Waals surface area contributed by atoms with Crippen molar-refractivity contribution in [2.24, 2.45) is 0 Å². The van der Waals surface area contributed by atoms with E-state index in [0.29, 0.717) is 5.57 Å². The van der Waals surface area contributed by atoms with Crippen LogP contribution in [0.1, 0.15) is 25.7 Å². The number of allylic oxidation sites excluding steroid dienone is 1. The summed E-state index contributed by atoms with van der Waals surface area (Å²) in [7, 11) is 0. The molecule has 0 amide bonds. The maximum Gasteiger partial charge on any atom is 0.333 e. The van der Waals surface area contributed by atoms with Gasteiger partial charge in [0.1, 0.15) is 6.61 Å². The third-order valence-corrected chi connectivity index (χ3v) is 1.85. The van der Waals surface area contributed by atoms with Crippen molar-refractivity contribution in [1.82, 2.24) is 0 Å². The minimum atomic E-state index is -0.951. The molecule has 13 heavy (non-hydrogen) atoms. The minimum absolute atomic E-state index is 0.0362. The van der Waals surface area contributed by atoms with Crippen molar-refractivity contribution >= 4 is 11.9 Å². The van der Waals surface area contributed by atoms with Gasteiger partial charge in [-0.1, -0.05) is 6.08 Å². The zero-order chi connectivity index (χ0) is 9.68. The normalized spacial score (nSPS) is 15.2. The Morgan fingerprint density at radius 2 is 2.31 bits per heavy atom. The van der Waals surface area contributed by atoms with E-state index in [1.54, 1.807) is 0 Å². The molecule has 1 N–H and O–H groups in total. The van der Waals surface area contributed by atoms with Gasteiger partial charge in [0.2, 0.25) is 0 Å². The summed E-state index contributed by atoms with van der Waals surface area (Å²) in [6.07, 6.45) is 4.39. The summed E-state index contributed by atoms with van der Waals surface area (Å²) in [6.45, 7) is -0.0362. The lowest BCUT2D eigenvalue weighted by Gasteiger charge is -2.02. The molecule has 0 radical (unpaired) electrons. The van der Waals surface area contributed by atoms with E-state index in [9.17, 15) is 9.59 Å². The van der Waals surface area contributed by atoms with Gasteiger partial charge in [0.15, 0.2) is 0 Å². The van der Waals surface area contributed by atoms with Crippen LogP contribution in [0.15, 0.2) is 11.6 Å². The second-order valence-electron chi connectivity index (χ2n) is 2.90. The smallest absolute Gasteiger partial charge is 0.333 e. The lowest BCUT2D eigenvalue weighted by molar-refractivity contribution is -0.143. The molecule has 72 valence electrons. The summed E-state index contributed by atoms with van der Waals surface area (Å²) >= 11 is 0. The highest BCUT2D eigenvalue weighted by Gasteiger charge is 2.14. The molecule has 4 heteroatoms. The van der Waals surface area contributed by atoms with Gasteiger partial charge in [0.05, 0.1) is 6.42 Å². The highest BCUT2D eigenvalue weighted by Crippen LogP contribution is 2.18. The molecular weight excluding hydrogens is 172 g/mol. The molecule has 0 atom stereocenters. The standard InChI is InChI=1S/C9H12O4/c10-8(11)5-6-13-9(12)7-3-1-2-4-7/h3H,1-2,4-6H2,(H,10,11). The van der Waals surface area contributed by atoms with Crippen molar-refractivity contribution < 1.29 is 19.4 Å². The summed E-state index contributed by atoms with van der Waals surface area (Å²) in [5.41, 5.74) is 0.686. The number of aliphatic carboxylic acids is 1. The van der Waals surface area contributed by atoms with Gasteiger partial charge in [-0.15, -0.1) is 0 Å². The van der Waals surface area contributed by atoms with Gasteiger partial charge in [-0.2, -0.15) is 0 Å². The second kappa shape index (κ2) is 4.64. The fourth-order valence-corrected chi connectivity index (χ4v) is 1.18. The van der Waals surface area contributed by atoms with Gasteiger partial charge >= 0.3 is 11.9 Å². The first kappa shape index (κ1) is 9.77. The van der Waals surface area contributed by atoms with Crippen LogP contribution in [0.2, 0.25) is 0 Å². The van der Waals surface area contributed by atoms with E-state index >= 15 is 0 Å². The SMILES string of the molecule is O=C(O)CCOC(=O)C1=CCCC1. The van der Waals surface area contributed by atoms with Crippen molar-refractivity contribution in [2.75, 3.05) is 6.61 Å². The third kappa shape index (κ3) is 3.27. The maximum atomic E-state index is 11.1. The quantitative estimate of drug-likeness (QED) is 0.665. The van der Waals surface area contributed by atoms with Crippen LogP contribution in [0.5, 0.6) is 0 Å². The number of hydrogen-bond donors (Lipinski definition) is 1. The molecule has 1 aliphatic carbocycles. The van der Waals surface area contributed by atoms with Crippen LogP contribution in [0.4, 0.5) is 0 Å². The van der Waals surface area contributed by atoms with Crippen molar-refractivity contribution in [1.29, 1.82) is 0 Å². The Hall–Kier alpha value is -1.32. The van der Waals surface area contributed by atoms with Gasteiger partial charge in [0, 0.05) is 5.57 Å². The first-order valence-electron chi connectivity index (χ1n) is 4.28. The van der Waals surface area contributed by atoms with Gasteiger partial charge in [0.25, 0.3) is 0 Å². The summed E-state index contributed by atoms with van der Waals surface area (Å²) in [4.78, 5) is 21.2. The third-order valence-electron chi connectivity index (χ3n) is 1.85. The Kier molecular flexibility index (Phi) is 3.49. The van der Waals surface area contributed by atoms with E-state index in [1.807, 2.05) is 6.08 Å². The van der Waals surface area contributed by atoms with E-state index in [-0.39, 0.29) is 19.0 Å². The van der Waals surface area contributed by atoms with E-state index in [2.05, 4.69) is 0 Å². The van der Waals surface area contributed by atoms with Crippen LogP contribution in [-0.4, -0.2) is 23.7 Å². The van der Waals surface area contributed by atoms with Crippen molar-refractivity contribution in [3.8, 4) is 0 Å². The van der Waals surface area contributed by atoms with Crippen molar-refractivity contribution in [2.45, 2.75) is 25.7 Å². The van der Waals surface area contributed by atoms with Crippen LogP contribution < -0.4 is 0 Å². The average molecular weight is 184 g/mol. The van der Waals surface area contributed by atoms with Crippen molar-refractivity contribution in [3.05, 3.63) is 11.6 Å². The molecule has 0 aromatic heterocycles. The molecule has 0 bridgehead atoms. The van der Waals surface area contributed by atoms with Crippen LogP contribution >= 0.6 is 0 Å². The number of carbonyl (C=O) groups is 2. The number of rotatable bonds is 4. The maximum absolute atomic E-state index is 11.1. The number of carboxylic acids is 1. The molecule has 1 rings (SSSR count). The summed E-state index contributed by atoms with van der Waals surface area (Å²) in [6, 6.07) is 0. The van der Waals surface area contributed by atoms with E-state index in [4.69, 9.17) is 9.84 Å². The van der Waals surface area contributed by atoms with E-state index in [1.165, 1.54) is 0 Å². The Labute approximate surface area is 76.2 Å². The molecule has 0 aromatic rings. The molecule has 0 saturated heterocycles. The predicted molar refractivity (Wildman–Crippen MR) is 45.1 cm³/mol. The van der Waals surface area contributed by atoms with Gasteiger partial charge in [-0.25, -0.2) is 4.79 Å². The Morgan fingerprint density at radius 1 is 1.54 bits per heavy atom. The Morgan fingerprint density at radius 3 is 2.85 bits per heavy atom. The fourth-order valence-electron chi connectivity index (χ4n) is 1.18. The number of ether oxygens (including phenoxy) is 1. The molecule has 4 nitrogen and oxygen atoms in total. The number of carboxylic acid groups (broad SMARTS) is 1. The molecule has 0 fully saturated rings. The highest BCUT2D eigenvalue weighted by molar-refractivity contribution is 5.88. The number of hydrogen-bond acceptors (Lipinski definition) is 3. The monoisotopic (exact) mass is 184 g/mol. The largest absolute Gasteiger partial charge is 0.481 e. The molecule has 0 heterocycles. The van der Waals surface area contributed by atoms with Gasteiger partial charge < -0.3 is 9.84 Å². The van der Waals surface area contributed by atoms with E-state index < -0.39 is 5.97 Å². The molecule has 0 aliphatic heterocycles. The van der Waals surface area contributed by atoms with Crippen LogP contribution in [0, 0.1) is 0 Å². The summed E-state index contributed by atoms with van der Waals surface area (Å²) in [5, 5.41) is 8.29. The number of carbonyl (C=O) groups excluding carboxylic acids is 1. The first-order chi connectivity index (χ1) is 6.20. The molecular formula is C9H12O4. The minimum Gasteiger partial charge on any atom is -0.481 e. The van der Waals surface area contributed by atoms with Gasteiger partial charge in [-0.05, 0) is 19.3 Å². The Bertz CT molecular complexity index is 242. The van der Waals surface area contributed by atoms with Crippen LogP contribution in [0.3, 0.4) is 0 Å². The predicted octanol–water partition coefficient (Wildman–Crippen LogP) is 1.11. The van der Waals surface area contributed by atoms with Gasteiger partial charge in [-0.3, -0.25) is 4.79 Å². The zero-order valence-electron chi connectivity index (χ0n) is 7.28. The van der Waals surface area contributed by atoms with Crippen molar-refractivity contribution in [3.63, 3.8) is 0 Å². The molecule has 0 saturated carbocycles. The average Bonchev–Trinajstić information content (AvgIpc) is 2.55. The first-order valence-corrected chi connectivity index (χ1v) is 4.28. The molecule has 0 unspecified atom stereocenters. The molecule has 1 aliphatic rings. The highest BCUT2D eigenvalue weighted by atomic mass is 16.5. The van der Waals surface area contributed by atoms with Crippen LogP contribution in [0.25, 0.3) is 0 Å². The zero-order valence-corrected chi connectivity index (χ0v) is 7.28. The fraction of sp³-hybridized carbons (Fsp3) is 0.556. The number of esters is 1. The summed E-state index contributed by atoms with van der Waals surface area (Å²) < 4.78 is 4.75. The topological polar surface area (TPSA) is 63.6 Å². The molecule has 0 spiro atoms. The summed E-state index contributed by atoms with van der Waals surface area (Å²) in [5.74, 6) is -1.31. The van der Waals surface area contributed by atoms with E-state index in [0.717, 1.165) is 19.3 Å². The lowest BCUT2D eigenvalue weighted by atomic mass is 10.2. The van der Waals surface area contributed by atoms with Crippen LogP contribution in [-0.2, 0) is 14.3 Å². The second-order valence-corrected chi connectivity index (χ2v) is 2.90. The Balaban J connectivity index is 2.21. The lowest BCUT2D eigenvalue weighted by Crippen LogP contribution is -2.10. The molecule has 0 aromatic carbocycles.